The van der Waals surface area contributed by atoms with Crippen molar-refractivity contribution in [3.8, 4) is 11.5 Å². The standard InChI is InChI=1S/C62H68N4O9/c1-35(2)43-19-17-21-45(31-43)61(11,12)65-59(69)73-41(9)33-71-47-27-37(5)55(38(6)28-47)63-51-25-26-52(54-53(51)57(67)49-23-15-16-24-50(49)58(54)68)64-56-39(7)29-48(30-40(56)8)72-34-42(10)74-75-60(70)66-62(13,14)46-22-18-20-44(32-46)36(3)4/h15-32,41-42,63-64H,1,3,33-34H2,2,4-14H3,(H,65,69)(H,66,70). The first kappa shape index (κ1) is 54.6. The van der Waals surface area contributed by atoms with Crippen molar-refractivity contribution < 1.29 is 43.2 Å². The monoisotopic (exact) mass is 1010 g/mol. The van der Waals surface area contributed by atoms with Crippen LogP contribution in [0.4, 0.5) is 32.3 Å². The van der Waals surface area contributed by atoms with Crippen molar-refractivity contribution in [3.63, 3.8) is 0 Å². The summed E-state index contributed by atoms with van der Waals surface area (Å²) >= 11 is 0. The van der Waals surface area contributed by atoms with Crippen LogP contribution in [0.1, 0.15) is 132 Å². The normalized spacial score (nSPS) is 12.9. The van der Waals surface area contributed by atoms with Gasteiger partial charge in [0.15, 0.2) is 11.6 Å². The average Bonchev–Trinajstić information content (AvgIpc) is 3.35. The molecule has 2 unspecified atom stereocenters. The van der Waals surface area contributed by atoms with Gasteiger partial charge in [-0.2, -0.15) is 4.89 Å². The summed E-state index contributed by atoms with van der Waals surface area (Å²) in [6, 6.07) is 33.6. The minimum Gasteiger partial charge on any atom is -0.491 e. The van der Waals surface area contributed by atoms with E-state index in [0.29, 0.717) is 34.0 Å². The summed E-state index contributed by atoms with van der Waals surface area (Å²) in [4.78, 5) is 65.3. The molecule has 6 aromatic carbocycles. The van der Waals surface area contributed by atoms with Gasteiger partial charge in [0.1, 0.15) is 36.9 Å². The molecule has 390 valence electrons. The van der Waals surface area contributed by atoms with Crippen molar-refractivity contribution in [1.29, 1.82) is 0 Å². The van der Waals surface area contributed by atoms with E-state index >= 15 is 0 Å². The Labute approximate surface area is 440 Å². The number of hydrogen-bond acceptors (Lipinski definition) is 11. The van der Waals surface area contributed by atoms with Crippen molar-refractivity contribution in [3.05, 3.63) is 189 Å². The number of ketones is 2. The maximum Gasteiger partial charge on any atom is 0.439 e. The largest absolute Gasteiger partial charge is 0.491 e. The zero-order valence-electron chi connectivity index (χ0n) is 45.0. The molecule has 75 heavy (non-hydrogen) atoms. The Kier molecular flexibility index (Phi) is 16.4. The summed E-state index contributed by atoms with van der Waals surface area (Å²) in [7, 11) is 0. The average molecular weight is 1010 g/mol. The molecule has 2 atom stereocenters. The molecule has 4 N–H and O–H groups in total. The van der Waals surface area contributed by atoms with Crippen LogP contribution < -0.4 is 30.7 Å². The summed E-state index contributed by atoms with van der Waals surface area (Å²) in [5, 5.41) is 12.8. The molecule has 0 heterocycles. The first-order valence-electron chi connectivity index (χ1n) is 25.0. The second-order valence-corrected chi connectivity index (χ2v) is 20.6. The third-order valence-electron chi connectivity index (χ3n) is 13.2. The molecule has 1 aliphatic carbocycles. The fraction of sp³-hybridized carbons (Fsp3) is 0.290. The summed E-state index contributed by atoms with van der Waals surface area (Å²) < 4.78 is 17.9. The maximum absolute atomic E-state index is 14.5. The lowest BCUT2D eigenvalue weighted by atomic mass is 9.82. The summed E-state index contributed by atoms with van der Waals surface area (Å²) in [6.07, 6.45) is -2.49. The quantitative estimate of drug-likeness (QED) is 0.0450. The highest BCUT2D eigenvalue weighted by Gasteiger charge is 2.35. The number of ether oxygens (including phenoxy) is 3. The number of fused-ring (bicyclic) bond motifs is 2. The van der Waals surface area contributed by atoms with Gasteiger partial charge in [0, 0.05) is 22.5 Å². The van der Waals surface area contributed by atoms with Crippen LogP contribution in [0.5, 0.6) is 11.5 Å². The fourth-order valence-corrected chi connectivity index (χ4v) is 8.96. The van der Waals surface area contributed by atoms with Crippen molar-refractivity contribution in [2.24, 2.45) is 0 Å². The summed E-state index contributed by atoms with van der Waals surface area (Å²) in [6.45, 7) is 30.9. The number of anilines is 4. The molecule has 0 aromatic heterocycles. The molecule has 2 amide bonds. The van der Waals surface area contributed by atoms with Crippen LogP contribution in [-0.2, 0) is 25.6 Å². The highest BCUT2D eigenvalue weighted by Crippen LogP contribution is 2.41. The molecule has 0 bridgehead atoms. The van der Waals surface area contributed by atoms with E-state index in [1.54, 1.807) is 50.2 Å². The molecule has 0 radical (unpaired) electrons. The molecule has 0 aliphatic heterocycles. The van der Waals surface area contributed by atoms with Gasteiger partial charge < -0.3 is 35.5 Å². The number of aryl methyl sites for hydroxylation is 4. The van der Waals surface area contributed by atoms with Gasteiger partial charge in [-0.3, -0.25) is 14.5 Å². The van der Waals surface area contributed by atoms with E-state index in [1.165, 1.54) is 0 Å². The molecule has 0 fully saturated rings. The van der Waals surface area contributed by atoms with E-state index in [1.807, 2.05) is 142 Å². The third kappa shape index (κ3) is 12.8. The molecule has 1 aliphatic rings. The van der Waals surface area contributed by atoms with Gasteiger partial charge in [-0.25, -0.2) is 9.59 Å². The van der Waals surface area contributed by atoms with E-state index in [0.717, 1.165) is 67.0 Å². The third-order valence-corrected chi connectivity index (χ3v) is 13.2. The first-order chi connectivity index (χ1) is 35.4. The Morgan fingerprint density at radius 3 is 1.36 bits per heavy atom. The second kappa shape index (κ2) is 22.5. The van der Waals surface area contributed by atoms with E-state index < -0.39 is 35.5 Å². The second-order valence-electron chi connectivity index (χ2n) is 20.6. The predicted octanol–water partition coefficient (Wildman–Crippen LogP) is 14.0. The molecule has 13 nitrogen and oxygen atoms in total. The number of hydrogen-bond donors (Lipinski definition) is 4. The van der Waals surface area contributed by atoms with Crippen molar-refractivity contribution in [2.45, 2.75) is 106 Å². The Balaban J connectivity index is 1.01. The highest BCUT2D eigenvalue weighted by atomic mass is 17.2. The van der Waals surface area contributed by atoms with E-state index in [2.05, 4.69) is 34.4 Å². The fourth-order valence-electron chi connectivity index (χ4n) is 8.96. The lowest BCUT2D eigenvalue weighted by molar-refractivity contribution is -0.273. The maximum atomic E-state index is 14.5. The molecular formula is C62H68N4O9. The molecule has 6 aromatic rings. The van der Waals surface area contributed by atoms with Crippen LogP contribution >= 0.6 is 0 Å². The minimum absolute atomic E-state index is 0.0796. The molecule has 0 saturated carbocycles. The van der Waals surface area contributed by atoms with Gasteiger partial charge >= 0.3 is 12.2 Å². The van der Waals surface area contributed by atoms with Crippen LogP contribution in [0.25, 0.3) is 11.1 Å². The molecular weight excluding hydrogens is 945 g/mol. The molecule has 7 rings (SSSR count). The number of carbonyl (C=O) groups excluding carboxylic acids is 4. The van der Waals surface area contributed by atoms with Gasteiger partial charge in [-0.15, -0.1) is 0 Å². The Morgan fingerprint density at radius 1 is 0.547 bits per heavy atom. The van der Waals surface area contributed by atoms with Gasteiger partial charge in [-0.1, -0.05) is 85.0 Å². The Bertz CT molecular complexity index is 3180. The number of rotatable bonds is 19. The number of nitrogens with one attached hydrogen (secondary N) is 4. The van der Waals surface area contributed by atoms with Crippen LogP contribution in [0.2, 0.25) is 0 Å². The predicted molar refractivity (Wildman–Crippen MR) is 297 cm³/mol. The van der Waals surface area contributed by atoms with Crippen molar-refractivity contribution in [1.82, 2.24) is 10.6 Å². The minimum atomic E-state index is -0.746. The molecule has 13 heteroatoms. The highest BCUT2D eigenvalue weighted by molar-refractivity contribution is 6.32. The topological polar surface area (TPSA) is 163 Å². The van der Waals surface area contributed by atoms with Crippen LogP contribution in [0.15, 0.2) is 122 Å². The van der Waals surface area contributed by atoms with Crippen LogP contribution in [0, 0.1) is 27.7 Å². The first-order valence-corrected chi connectivity index (χ1v) is 25.0. The van der Waals surface area contributed by atoms with Gasteiger partial charge in [0.25, 0.3) is 0 Å². The molecule has 0 spiro atoms. The lowest BCUT2D eigenvalue weighted by Crippen LogP contribution is -2.43. The summed E-state index contributed by atoms with van der Waals surface area (Å²) in [5.74, 6) is 0.570. The number of alkyl carbamates (subject to hydrolysis) is 1. The number of amides is 2. The van der Waals surface area contributed by atoms with Crippen molar-refractivity contribution >= 4 is 57.6 Å². The van der Waals surface area contributed by atoms with Crippen LogP contribution in [-0.4, -0.2) is 49.2 Å². The number of carbonyl (C=O) groups is 4. The van der Waals surface area contributed by atoms with E-state index in [-0.39, 0.29) is 35.9 Å². The zero-order chi connectivity index (χ0) is 54.5. The van der Waals surface area contributed by atoms with Crippen molar-refractivity contribution in [2.75, 3.05) is 23.8 Å². The number of benzene rings is 6. The van der Waals surface area contributed by atoms with Gasteiger partial charge in [-0.05, 0) is 176 Å². The van der Waals surface area contributed by atoms with Crippen LogP contribution in [0.3, 0.4) is 0 Å². The van der Waals surface area contributed by atoms with E-state index in [9.17, 15) is 19.2 Å². The lowest BCUT2D eigenvalue weighted by Gasteiger charge is -2.28. The van der Waals surface area contributed by atoms with E-state index in [4.69, 9.17) is 24.0 Å². The Morgan fingerprint density at radius 2 is 0.947 bits per heavy atom. The van der Waals surface area contributed by atoms with Gasteiger partial charge in [0.2, 0.25) is 0 Å². The smallest absolute Gasteiger partial charge is 0.439 e. The SMILES string of the molecule is C=C(C)c1cccc(C(C)(C)NC(=O)OOC(C)COc2cc(C)c(Nc3ccc(Nc4c(C)cc(OCC(C)OC(=O)NC(C)(C)c5cccc(C(=C)C)c5)cc4C)c4c3C(=O)c3ccccc3C4=O)c(C)c2)c1. The van der Waals surface area contributed by atoms with Gasteiger partial charge in [0.05, 0.1) is 33.6 Å². The number of allylic oxidation sites excluding steroid dienone is 2. The zero-order valence-corrected chi connectivity index (χ0v) is 45.0. The molecule has 0 saturated heterocycles. The summed E-state index contributed by atoms with van der Waals surface area (Å²) in [5.41, 5.74) is 11.0. The Hall–Kier alpha value is -8.16.